The number of carbonyl (C=O) groups excluding carboxylic acids is 3. The van der Waals surface area contributed by atoms with Gasteiger partial charge in [-0.3, -0.25) is 23.6 Å². The van der Waals surface area contributed by atoms with Crippen LogP contribution in [-0.2, 0) is 22.6 Å². The van der Waals surface area contributed by atoms with Crippen LogP contribution in [-0.4, -0.2) is 38.0 Å². The number of hydrogen-bond acceptors (Lipinski definition) is 6. The molecule has 202 valence electrons. The molecule has 0 saturated carbocycles. The van der Waals surface area contributed by atoms with Crippen molar-refractivity contribution in [1.29, 1.82) is 0 Å². The van der Waals surface area contributed by atoms with Crippen molar-refractivity contribution in [1.82, 2.24) is 14.3 Å². The third-order valence-corrected chi connectivity index (χ3v) is 6.73. The second kappa shape index (κ2) is 11.8. The molecule has 2 heterocycles. The van der Waals surface area contributed by atoms with Crippen molar-refractivity contribution < 1.29 is 19.1 Å². The van der Waals surface area contributed by atoms with Crippen LogP contribution < -0.4 is 5.56 Å². The highest BCUT2D eigenvalue weighted by molar-refractivity contribution is 6.31. The fourth-order valence-electron chi connectivity index (χ4n) is 4.46. The number of Topliss-reactive ketones (excluding diaryl/α,β-unsaturated/α-hetero) is 2. The molecule has 0 spiro atoms. The third kappa shape index (κ3) is 5.86. The van der Waals surface area contributed by atoms with Crippen LogP contribution in [0.15, 0.2) is 59.4 Å². The molecule has 0 fully saturated rings. The highest BCUT2D eigenvalue weighted by Gasteiger charge is 2.25. The molecule has 4 aromatic rings. The quantitative estimate of drug-likeness (QED) is 0.186. The van der Waals surface area contributed by atoms with Crippen molar-refractivity contribution in [3.63, 3.8) is 0 Å². The molecule has 1 atom stereocenters. The third-order valence-electron chi connectivity index (χ3n) is 6.50. The minimum Gasteiger partial charge on any atom is -0.458 e. The maximum Gasteiger partial charge on any atom is 0.356 e. The summed E-state index contributed by atoms with van der Waals surface area (Å²) in [6.45, 7) is 6.58. The fraction of sp³-hybridized carbons (Fsp3) is 0.300. The summed E-state index contributed by atoms with van der Waals surface area (Å²) >= 11 is 6.33. The first kappa shape index (κ1) is 28.0. The average molecular weight is 548 g/mol. The van der Waals surface area contributed by atoms with E-state index in [2.05, 4.69) is 5.10 Å². The van der Waals surface area contributed by atoms with Crippen LogP contribution in [0.5, 0.6) is 0 Å². The molecule has 2 aromatic heterocycles. The Labute approximate surface area is 231 Å². The van der Waals surface area contributed by atoms with Gasteiger partial charge in [-0.15, -0.1) is 0 Å². The fourth-order valence-corrected chi connectivity index (χ4v) is 4.63. The van der Waals surface area contributed by atoms with Crippen molar-refractivity contribution in [3.05, 3.63) is 87.1 Å². The first-order chi connectivity index (χ1) is 18.6. The van der Waals surface area contributed by atoms with Gasteiger partial charge < -0.3 is 4.74 Å². The van der Waals surface area contributed by atoms with Crippen molar-refractivity contribution in [3.8, 4) is 11.1 Å². The predicted molar refractivity (Wildman–Crippen MR) is 150 cm³/mol. The number of esters is 1. The van der Waals surface area contributed by atoms with Crippen LogP contribution in [0.4, 0.5) is 0 Å². The van der Waals surface area contributed by atoms with Gasteiger partial charge in [0.2, 0.25) is 0 Å². The lowest BCUT2D eigenvalue weighted by Gasteiger charge is -2.19. The molecule has 0 saturated heterocycles. The summed E-state index contributed by atoms with van der Waals surface area (Å²) in [7, 11) is 0. The molecule has 0 radical (unpaired) electrons. The van der Waals surface area contributed by atoms with Crippen LogP contribution in [0.1, 0.15) is 67.2 Å². The summed E-state index contributed by atoms with van der Waals surface area (Å²) in [5.74, 6) is -1.04. The van der Waals surface area contributed by atoms with Crippen molar-refractivity contribution in [2.24, 2.45) is 0 Å². The number of halogens is 1. The molecule has 8 nitrogen and oxygen atoms in total. The van der Waals surface area contributed by atoms with Crippen molar-refractivity contribution >= 4 is 39.9 Å². The second-order valence-electron chi connectivity index (χ2n) is 9.45. The van der Waals surface area contributed by atoms with E-state index in [-0.39, 0.29) is 54.1 Å². The number of carbonyl (C=O) groups is 3. The van der Waals surface area contributed by atoms with E-state index in [4.69, 9.17) is 16.3 Å². The number of ketones is 2. The molecule has 0 aliphatic heterocycles. The number of hydrogen-bond donors (Lipinski definition) is 0. The zero-order valence-electron chi connectivity index (χ0n) is 22.4. The first-order valence-electron chi connectivity index (χ1n) is 12.9. The topological polar surface area (TPSA) is 100 Å². The SMILES string of the molecule is CCC(=O)c1c(-c2ccccc2)c2cc(Cl)ccc2c(=O)n1Cc1cc(C(=O)OC(C)CC)n(CC(C)=O)n1. The minimum atomic E-state index is -0.611. The average Bonchev–Trinajstić information content (AvgIpc) is 3.31. The van der Waals surface area contributed by atoms with Gasteiger partial charge in [-0.05, 0) is 55.5 Å². The van der Waals surface area contributed by atoms with E-state index >= 15 is 0 Å². The van der Waals surface area contributed by atoms with Gasteiger partial charge in [0.15, 0.2) is 11.6 Å². The predicted octanol–water partition coefficient (Wildman–Crippen LogP) is 5.70. The Morgan fingerprint density at radius 1 is 1.03 bits per heavy atom. The number of fused-ring (bicyclic) bond motifs is 1. The van der Waals surface area contributed by atoms with E-state index in [1.165, 1.54) is 22.2 Å². The van der Waals surface area contributed by atoms with Gasteiger partial charge in [0, 0.05) is 22.4 Å². The van der Waals surface area contributed by atoms with E-state index in [0.717, 1.165) is 5.56 Å². The lowest BCUT2D eigenvalue weighted by Crippen LogP contribution is -2.28. The first-order valence-corrected chi connectivity index (χ1v) is 13.2. The van der Waals surface area contributed by atoms with E-state index in [0.29, 0.717) is 33.5 Å². The van der Waals surface area contributed by atoms with E-state index in [9.17, 15) is 19.2 Å². The van der Waals surface area contributed by atoms with Crippen LogP contribution >= 0.6 is 11.6 Å². The molecule has 4 rings (SSSR count). The standard InChI is InChI=1S/C30H30ClN3O5/c1-5-19(4)39-30(38)25-15-22(32-34(25)16-18(3)35)17-33-28(26(36)6-2)27(20-10-8-7-9-11-20)24-14-21(31)12-13-23(24)29(33)37/h7-15,19H,5-6,16-17H2,1-4H3. The lowest BCUT2D eigenvalue weighted by molar-refractivity contribution is -0.117. The van der Waals surface area contributed by atoms with Gasteiger partial charge in [-0.1, -0.05) is 55.8 Å². The molecule has 2 aromatic carbocycles. The maximum absolute atomic E-state index is 13.8. The zero-order chi connectivity index (χ0) is 28.3. The summed E-state index contributed by atoms with van der Waals surface area (Å²) in [6.07, 6.45) is 0.468. The molecule has 39 heavy (non-hydrogen) atoms. The van der Waals surface area contributed by atoms with Crippen LogP contribution in [0.25, 0.3) is 21.9 Å². The monoisotopic (exact) mass is 547 g/mol. The Hall–Kier alpha value is -4.04. The number of rotatable bonds is 10. The van der Waals surface area contributed by atoms with Crippen LogP contribution in [0.3, 0.4) is 0 Å². The number of pyridine rings is 1. The van der Waals surface area contributed by atoms with Crippen LogP contribution in [0.2, 0.25) is 5.02 Å². The number of aromatic nitrogens is 3. The highest BCUT2D eigenvalue weighted by atomic mass is 35.5. The van der Waals surface area contributed by atoms with Gasteiger partial charge in [0.25, 0.3) is 5.56 Å². The molecular weight excluding hydrogens is 518 g/mol. The van der Waals surface area contributed by atoms with Gasteiger partial charge in [0.05, 0.1) is 24.0 Å². The summed E-state index contributed by atoms with van der Waals surface area (Å²) in [4.78, 5) is 52.1. The lowest BCUT2D eigenvalue weighted by atomic mass is 9.94. The summed E-state index contributed by atoms with van der Waals surface area (Å²) in [5.41, 5.74) is 1.64. The van der Waals surface area contributed by atoms with Gasteiger partial charge >= 0.3 is 5.97 Å². The molecule has 0 amide bonds. The minimum absolute atomic E-state index is 0.0905. The molecule has 0 N–H and O–H groups in total. The second-order valence-corrected chi connectivity index (χ2v) is 9.89. The van der Waals surface area contributed by atoms with E-state index in [1.807, 2.05) is 37.3 Å². The van der Waals surface area contributed by atoms with Gasteiger partial charge in [-0.25, -0.2) is 4.79 Å². The Bertz CT molecular complexity index is 1620. The summed E-state index contributed by atoms with van der Waals surface area (Å²) in [6, 6.07) is 15.8. The van der Waals surface area contributed by atoms with Gasteiger partial charge in [-0.2, -0.15) is 5.10 Å². The Morgan fingerprint density at radius 2 is 1.74 bits per heavy atom. The maximum atomic E-state index is 13.8. The van der Waals surface area contributed by atoms with Gasteiger partial charge in [0.1, 0.15) is 12.2 Å². The highest BCUT2D eigenvalue weighted by Crippen LogP contribution is 2.33. The number of ether oxygens (including phenoxy) is 1. The van der Waals surface area contributed by atoms with Crippen LogP contribution in [0, 0.1) is 0 Å². The Morgan fingerprint density at radius 3 is 2.38 bits per heavy atom. The Balaban J connectivity index is 1.96. The Kier molecular flexibility index (Phi) is 8.45. The molecule has 0 aliphatic rings. The van der Waals surface area contributed by atoms with Crippen molar-refractivity contribution in [2.75, 3.05) is 0 Å². The molecule has 0 aliphatic carbocycles. The van der Waals surface area contributed by atoms with E-state index in [1.54, 1.807) is 32.0 Å². The molecule has 0 bridgehead atoms. The zero-order valence-corrected chi connectivity index (χ0v) is 23.1. The normalized spacial score (nSPS) is 11.9. The van der Waals surface area contributed by atoms with E-state index < -0.39 is 5.97 Å². The largest absolute Gasteiger partial charge is 0.458 e. The van der Waals surface area contributed by atoms with Crippen molar-refractivity contribution in [2.45, 2.75) is 59.7 Å². The summed E-state index contributed by atoms with van der Waals surface area (Å²) < 4.78 is 8.16. The summed E-state index contributed by atoms with van der Waals surface area (Å²) in [5, 5.41) is 5.88. The number of benzene rings is 2. The number of nitrogens with zero attached hydrogens (tertiary/aromatic N) is 3. The molecular formula is C30H30ClN3O5. The molecule has 1 unspecified atom stereocenters. The molecule has 9 heteroatoms. The smallest absolute Gasteiger partial charge is 0.356 e.